The molecule has 0 aliphatic rings. The molecule has 0 saturated heterocycles. The minimum absolute atomic E-state index is 0.141. The number of pyridine rings is 1. The molecule has 0 unspecified atom stereocenters. The molecule has 138 valence electrons. The van der Waals surface area contributed by atoms with Crippen LogP contribution in [0.2, 0.25) is 0 Å². The Labute approximate surface area is 157 Å². The van der Waals surface area contributed by atoms with E-state index in [1.54, 1.807) is 24.5 Å². The summed E-state index contributed by atoms with van der Waals surface area (Å²) in [7, 11) is 0. The number of aromatic amines is 1. The van der Waals surface area contributed by atoms with Gasteiger partial charge in [0.25, 0.3) is 0 Å². The topological polar surface area (TPSA) is 99.1 Å². The van der Waals surface area contributed by atoms with E-state index in [4.69, 9.17) is 0 Å². The fourth-order valence-electron chi connectivity index (χ4n) is 3.00. The molecule has 0 aliphatic carbocycles. The number of nitrogens with zero attached hydrogens (tertiary/aromatic N) is 2. The number of H-pyrrole nitrogens is 1. The van der Waals surface area contributed by atoms with Crippen molar-refractivity contribution in [1.82, 2.24) is 15.2 Å². The molecule has 6 heteroatoms. The fraction of sp³-hybridized carbons (Fsp3) is 0.190. The number of aromatic hydroxyl groups is 1. The third kappa shape index (κ3) is 3.74. The van der Waals surface area contributed by atoms with Crippen LogP contribution in [0.1, 0.15) is 41.4 Å². The van der Waals surface area contributed by atoms with Crippen molar-refractivity contribution < 1.29 is 15.0 Å². The second-order valence-electron chi connectivity index (χ2n) is 6.27. The molecule has 2 aromatic heterocycles. The van der Waals surface area contributed by atoms with Crippen molar-refractivity contribution in [1.29, 1.82) is 0 Å². The highest BCUT2D eigenvalue weighted by Gasteiger charge is 2.15. The molecule has 0 amide bonds. The number of rotatable bonds is 7. The minimum Gasteiger partial charge on any atom is -0.507 e. The van der Waals surface area contributed by atoms with E-state index < -0.39 is 5.97 Å². The number of aromatic carboxylic acids is 1. The lowest BCUT2D eigenvalue weighted by Crippen LogP contribution is -1.99. The highest BCUT2D eigenvalue weighted by molar-refractivity contribution is 5.92. The maximum absolute atomic E-state index is 11.3. The zero-order valence-corrected chi connectivity index (χ0v) is 15.1. The fourth-order valence-corrected chi connectivity index (χ4v) is 3.00. The van der Waals surface area contributed by atoms with Crippen LogP contribution in [-0.4, -0.2) is 31.4 Å². The van der Waals surface area contributed by atoms with Gasteiger partial charge in [-0.05, 0) is 48.7 Å². The number of carbonyl (C=O) groups is 1. The van der Waals surface area contributed by atoms with Crippen molar-refractivity contribution in [2.24, 2.45) is 0 Å². The van der Waals surface area contributed by atoms with Gasteiger partial charge < -0.3 is 10.2 Å². The Morgan fingerprint density at radius 1 is 1.26 bits per heavy atom. The van der Waals surface area contributed by atoms with Crippen LogP contribution in [0, 0.1) is 0 Å². The summed E-state index contributed by atoms with van der Waals surface area (Å²) in [6.45, 7) is 5.94. The molecule has 0 atom stereocenters. The van der Waals surface area contributed by atoms with Gasteiger partial charge in [0, 0.05) is 22.9 Å². The molecule has 0 bridgehead atoms. The summed E-state index contributed by atoms with van der Waals surface area (Å²) in [5.74, 6) is -1.44. The number of carboxylic acid groups (broad SMARTS) is 1. The van der Waals surface area contributed by atoms with E-state index in [2.05, 4.69) is 28.7 Å². The Bertz CT molecular complexity index is 992. The molecule has 0 fully saturated rings. The molecule has 3 aromatic rings. The molecule has 27 heavy (non-hydrogen) atoms. The maximum Gasteiger partial charge on any atom is 0.339 e. The number of carboxylic acids is 1. The first-order valence-corrected chi connectivity index (χ1v) is 8.77. The Morgan fingerprint density at radius 2 is 2.07 bits per heavy atom. The van der Waals surface area contributed by atoms with E-state index in [1.165, 1.54) is 12.1 Å². The zero-order valence-electron chi connectivity index (χ0n) is 15.1. The monoisotopic (exact) mass is 363 g/mol. The van der Waals surface area contributed by atoms with E-state index in [0.29, 0.717) is 11.3 Å². The van der Waals surface area contributed by atoms with E-state index in [-0.39, 0.29) is 11.3 Å². The van der Waals surface area contributed by atoms with Crippen LogP contribution in [0.25, 0.3) is 28.5 Å². The van der Waals surface area contributed by atoms with Gasteiger partial charge in [-0.15, -0.1) is 0 Å². The first kappa shape index (κ1) is 18.4. The standard InChI is InChI=1S/C21H21N3O3/c1-3-5-6-13-10-19(14-7-8-20(25)15(9-14)21(26)27)22-11-16(13)17-12-23-24-18(17)4-2/h4,7-12,25H,2-3,5-6H2,1H3,(H,23,24)(H,26,27). The Hall–Kier alpha value is -3.41. The second kappa shape index (κ2) is 7.86. The number of hydrogen-bond donors (Lipinski definition) is 3. The van der Waals surface area contributed by atoms with Crippen molar-refractivity contribution in [3.05, 3.63) is 60.1 Å². The molecule has 3 N–H and O–H groups in total. The molecule has 0 aliphatic heterocycles. The largest absolute Gasteiger partial charge is 0.507 e. The van der Waals surface area contributed by atoms with Crippen molar-refractivity contribution in [2.75, 3.05) is 0 Å². The molecule has 0 radical (unpaired) electrons. The summed E-state index contributed by atoms with van der Waals surface area (Å²) >= 11 is 0. The number of hydrogen-bond acceptors (Lipinski definition) is 4. The van der Waals surface area contributed by atoms with Gasteiger partial charge >= 0.3 is 5.97 Å². The van der Waals surface area contributed by atoms with Gasteiger partial charge in [-0.2, -0.15) is 5.10 Å². The Kier molecular flexibility index (Phi) is 5.35. The van der Waals surface area contributed by atoms with Crippen molar-refractivity contribution >= 4 is 12.0 Å². The summed E-state index contributed by atoms with van der Waals surface area (Å²) in [5, 5.41) is 26.0. The Morgan fingerprint density at radius 3 is 2.78 bits per heavy atom. The van der Waals surface area contributed by atoms with Gasteiger partial charge in [0.05, 0.1) is 17.6 Å². The quantitative estimate of drug-likeness (QED) is 0.573. The van der Waals surface area contributed by atoms with Gasteiger partial charge in [0.1, 0.15) is 11.3 Å². The van der Waals surface area contributed by atoms with Crippen LogP contribution >= 0.6 is 0 Å². The van der Waals surface area contributed by atoms with Crippen LogP contribution in [0.15, 0.2) is 43.2 Å². The normalized spacial score (nSPS) is 10.7. The third-order valence-electron chi connectivity index (χ3n) is 4.48. The summed E-state index contributed by atoms with van der Waals surface area (Å²) < 4.78 is 0. The van der Waals surface area contributed by atoms with E-state index in [0.717, 1.165) is 41.6 Å². The molecule has 2 heterocycles. The molecule has 1 aromatic carbocycles. The first-order valence-electron chi connectivity index (χ1n) is 8.77. The average Bonchev–Trinajstić information content (AvgIpc) is 3.14. The van der Waals surface area contributed by atoms with Gasteiger partial charge in [-0.3, -0.25) is 10.1 Å². The van der Waals surface area contributed by atoms with Gasteiger partial charge in [-0.25, -0.2) is 4.79 Å². The molecule has 0 saturated carbocycles. The van der Waals surface area contributed by atoms with Crippen LogP contribution in [0.5, 0.6) is 5.75 Å². The van der Waals surface area contributed by atoms with Crippen LogP contribution < -0.4 is 0 Å². The summed E-state index contributed by atoms with van der Waals surface area (Å²) in [6.07, 6.45) is 8.20. The van der Waals surface area contributed by atoms with Crippen molar-refractivity contribution in [2.45, 2.75) is 26.2 Å². The zero-order chi connectivity index (χ0) is 19.4. The van der Waals surface area contributed by atoms with Gasteiger partial charge in [-0.1, -0.05) is 19.9 Å². The summed E-state index contributed by atoms with van der Waals surface area (Å²) in [5.41, 5.74) is 5.02. The first-order chi connectivity index (χ1) is 13.0. The number of nitrogens with one attached hydrogen (secondary N) is 1. The van der Waals surface area contributed by atoms with Gasteiger partial charge in [0.15, 0.2) is 0 Å². The molecular weight excluding hydrogens is 342 g/mol. The predicted molar refractivity (Wildman–Crippen MR) is 105 cm³/mol. The maximum atomic E-state index is 11.3. The molecule has 6 nitrogen and oxygen atoms in total. The number of benzene rings is 1. The van der Waals surface area contributed by atoms with Crippen LogP contribution in [0.4, 0.5) is 0 Å². The SMILES string of the molecule is C=Cc1[nH]ncc1-c1cnc(-c2ccc(O)c(C(=O)O)c2)cc1CCCC. The van der Waals surface area contributed by atoms with E-state index >= 15 is 0 Å². The highest BCUT2D eigenvalue weighted by atomic mass is 16.4. The number of aromatic nitrogens is 3. The van der Waals surface area contributed by atoms with E-state index in [9.17, 15) is 15.0 Å². The smallest absolute Gasteiger partial charge is 0.339 e. The lowest BCUT2D eigenvalue weighted by molar-refractivity contribution is 0.0694. The summed E-state index contributed by atoms with van der Waals surface area (Å²) in [4.78, 5) is 15.8. The number of aryl methyl sites for hydroxylation is 1. The average molecular weight is 363 g/mol. The summed E-state index contributed by atoms with van der Waals surface area (Å²) in [6, 6.07) is 6.46. The number of phenols is 1. The van der Waals surface area contributed by atoms with Gasteiger partial charge in [0.2, 0.25) is 0 Å². The Balaban J connectivity index is 2.10. The van der Waals surface area contributed by atoms with Crippen LogP contribution in [0.3, 0.4) is 0 Å². The van der Waals surface area contributed by atoms with Crippen LogP contribution in [-0.2, 0) is 6.42 Å². The molecular formula is C21H21N3O3. The third-order valence-corrected chi connectivity index (χ3v) is 4.48. The number of unbranched alkanes of at least 4 members (excludes halogenated alkanes) is 1. The predicted octanol–water partition coefficient (Wildman–Crippen LogP) is 4.53. The van der Waals surface area contributed by atoms with E-state index in [1.807, 2.05) is 6.07 Å². The lowest BCUT2D eigenvalue weighted by Gasteiger charge is -2.12. The van der Waals surface area contributed by atoms with Crippen molar-refractivity contribution in [3.8, 4) is 28.1 Å². The van der Waals surface area contributed by atoms with Crippen molar-refractivity contribution in [3.63, 3.8) is 0 Å². The molecule has 0 spiro atoms. The lowest BCUT2D eigenvalue weighted by atomic mass is 9.96. The minimum atomic E-state index is -1.17. The highest BCUT2D eigenvalue weighted by Crippen LogP contribution is 2.31. The second-order valence-corrected chi connectivity index (χ2v) is 6.27. The molecule has 3 rings (SSSR count).